The van der Waals surface area contributed by atoms with Crippen LogP contribution in [0.4, 0.5) is 14.6 Å². The molecule has 3 heterocycles. The minimum atomic E-state index is -3.74. The number of rotatable bonds is 6. The Morgan fingerprint density at radius 3 is 2.53 bits per heavy atom. The molecule has 3 N–H and O–H groups in total. The molecular formula is C26H27ClF2N4O5. The van der Waals surface area contributed by atoms with Gasteiger partial charge < -0.3 is 25.1 Å². The third-order valence-electron chi connectivity index (χ3n) is 7.06. The van der Waals surface area contributed by atoms with E-state index < -0.39 is 30.0 Å². The van der Waals surface area contributed by atoms with Crippen molar-refractivity contribution in [1.82, 2.24) is 14.5 Å². The van der Waals surface area contributed by atoms with Crippen molar-refractivity contribution in [2.75, 3.05) is 33.0 Å². The Morgan fingerprint density at radius 2 is 1.87 bits per heavy atom. The smallest absolute Gasteiger partial charge is 0.351 e. The highest BCUT2D eigenvalue weighted by molar-refractivity contribution is 6.30. The van der Waals surface area contributed by atoms with Gasteiger partial charge in [0.25, 0.3) is 0 Å². The number of benzene rings is 2. The predicted molar refractivity (Wildman–Crippen MR) is 136 cm³/mol. The van der Waals surface area contributed by atoms with Crippen LogP contribution in [0.2, 0.25) is 5.02 Å². The summed E-state index contributed by atoms with van der Waals surface area (Å²) in [4.78, 5) is 17.7. The monoisotopic (exact) mass is 548 g/mol. The molecule has 9 nitrogen and oxygen atoms in total. The average molecular weight is 549 g/mol. The number of methoxy groups -OCH3 is 2. The molecule has 1 unspecified atom stereocenters. The Balaban J connectivity index is 1.51. The third-order valence-corrected chi connectivity index (χ3v) is 7.31. The fraction of sp³-hybridized carbons (Fsp3) is 0.385. The first-order valence-electron chi connectivity index (χ1n) is 11.9. The van der Waals surface area contributed by atoms with Gasteiger partial charge >= 0.3 is 11.6 Å². The quantitative estimate of drug-likeness (QED) is 0.483. The highest BCUT2D eigenvalue weighted by Crippen LogP contribution is 2.45. The molecule has 1 fully saturated rings. The van der Waals surface area contributed by atoms with Gasteiger partial charge in [-0.15, -0.1) is 0 Å². The standard InChI is InChI=1S/C26H27ClF2N4O5/c1-36-18-11-15-7-9-32(22(17(15)12-19(18)37-2)14-3-5-16(27)6-4-14)13-20-23(34)26(28,29)24(38-20)33-10-8-21(30)31-25(33)35/h3-6,8,10-12,20,22-24,34H,7,9,13H2,1-2H3,(H2,30,31,35)/t20-,22?,23-,24-/m1/s1. The van der Waals surface area contributed by atoms with Crippen molar-refractivity contribution in [1.29, 1.82) is 0 Å². The van der Waals surface area contributed by atoms with Crippen molar-refractivity contribution in [2.45, 2.75) is 36.8 Å². The normalized spacial score (nSPS) is 24.7. The van der Waals surface area contributed by atoms with Gasteiger partial charge in [-0.3, -0.25) is 9.47 Å². The van der Waals surface area contributed by atoms with E-state index in [9.17, 15) is 9.90 Å². The van der Waals surface area contributed by atoms with Gasteiger partial charge in [-0.2, -0.15) is 13.8 Å². The summed E-state index contributed by atoms with van der Waals surface area (Å²) in [5.41, 5.74) is 7.31. The topological polar surface area (TPSA) is 112 Å². The average Bonchev–Trinajstić information content (AvgIpc) is 3.11. The summed E-state index contributed by atoms with van der Waals surface area (Å²) in [5, 5.41) is 11.2. The van der Waals surface area contributed by atoms with Gasteiger partial charge in [-0.25, -0.2) is 4.79 Å². The summed E-state index contributed by atoms with van der Waals surface area (Å²) in [6.45, 7) is 0.452. The fourth-order valence-electron chi connectivity index (χ4n) is 5.18. The van der Waals surface area contributed by atoms with Gasteiger partial charge in [0.2, 0.25) is 6.23 Å². The molecular weight excluding hydrogens is 522 g/mol. The van der Waals surface area contributed by atoms with Crippen LogP contribution in [0.15, 0.2) is 53.5 Å². The Kier molecular flexibility index (Phi) is 7.03. The minimum absolute atomic E-state index is 0.0362. The second-order valence-corrected chi connectivity index (χ2v) is 9.73. The lowest BCUT2D eigenvalue weighted by atomic mass is 9.87. The van der Waals surface area contributed by atoms with Gasteiger partial charge in [0.15, 0.2) is 11.5 Å². The summed E-state index contributed by atoms with van der Waals surface area (Å²) in [6, 6.07) is 11.9. The van der Waals surface area contributed by atoms with E-state index in [1.54, 1.807) is 26.4 Å². The maximum Gasteiger partial charge on any atom is 0.351 e. The lowest BCUT2D eigenvalue weighted by Gasteiger charge is -2.39. The summed E-state index contributed by atoms with van der Waals surface area (Å²) in [6.07, 6.45) is -3.79. The number of hydrogen-bond donors (Lipinski definition) is 2. The van der Waals surface area contributed by atoms with E-state index in [4.69, 9.17) is 31.5 Å². The summed E-state index contributed by atoms with van der Waals surface area (Å²) in [5.74, 6) is -2.72. The SMILES string of the molecule is COc1cc2c(cc1OC)C(c1ccc(Cl)cc1)N(C[C@H]1O[C@@H](n3ccc(N)nc3=O)C(F)(F)[C@@H]1O)CC2. The largest absolute Gasteiger partial charge is 0.493 e. The van der Waals surface area contributed by atoms with Gasteiger partial charge in [-0.1, -0.05) is 23.7 Å². The van der Waals surface area contributed by atoms with Crippen LogP contribution in [0, 0.1) is 0 Å². The molecule has 202 valence electrons. The highest BCUT2D eigenvalue weighted by atomic mass is 35.5. The molecule has 0 spiro atoms. The molecule has 1 saturated heterocycles. The number of aromatic nitrogens is 2. The van der Waals surface area contributed by atoms with Crippen molar-refractivity contribution in [2.24, 2.45) is 0 Å². The molecule has 0 aliphatic carbocycles. The highest BCUT2D eigenvalue weighted by Gasteiger charge is 2.60. The zero-order chi connectivity index (χ0) is 27.2. The number of hydrogen-bond acceptors (Lipinski definition) is 8. The zero-order valence-corrected chi connectivity index (χ0v) is 21.4. The van der Waals surface area contributed by atoms with Gasteiger partial charge in [0.05, 0.1) is 20.3 Å². The van der Waals surface area contributed by atoms with Gasteiger partial charge in [-0.05, 0) is 53.4 Å². The maximum absolute atomic E-state index is 15.2. The van der Waals surface area contributed by atoms with Gasteiger partial charge in [0, 0.05) is 24.3 Å². The van der Waals surface area contributed by atoms with E-state index in [2.05, 4.69) is 4.98 Å². The van der Waals surface area contributed by atoms with Gasteiger partial charge in [0.1, 0.15) is 18.0 Å². The first-order chi connectivity index (χ1) is 18.1. The van der Waals surface area contributed by atoms with E-state index in [0.29, 0.717) is 34.1 Å². The lowest BCUT2D eigenvalue weighted by molar-refractivity contribution is -0.140. The summed E-state index contributed by atoms with van der Waals surface area (Å²) >= 11 is 6.13. The Morgan fingerprint density at radius 1 is 1.18 bits per heavy atom. The first-order valence-corrected chi connectivity index (χ1v) is 12.3. The molecule has 0 amide bonds. The number of nitrogen functional groups attached to an aromatic ring is 1. The van der Waals surface area contributed by atoms with Crippen LogP contribution in [0.25, 0.3) is 0 Å². The predicted octanol–water partition coefficient (Wildman–Crippen LogP) is 3.04. The fourth-order valence-corrected chi connectivity index (χ4v) is 5.31. The number of nitrogens with two attached hydrogens (primary N) is 1. The number of alkyl halides is 2. The first kappa shape index (κ1) is 26.4. The number of ether oxygens (including phenoxy) is 3. The summed E-state index contributed by atoms with van der Waals surface area (Å²) in [7, 11) is 3.11. The molecule has 3 aromatic rings. The van der Waals surface area contributed by atoms with E-state index in [-0.39, 0.29) is 18.4 Å². The number of aliphatic hydroxyl groups is 1. The minimum Gasteiger partial charge on any atom is -0.493 e. The molecule has 2 aromatic carbocycles. The van der Waals surface area contributed by atoms with Crippen molar-refractivity contribution < 1.29 is 28.1 Å². The molecule has 0 radical (unpaired) electrons. The van der Waals surface area contributed by atoms with Crippen LogP contribution in [0.5, 0.6) is 11.5 Å². The number of anilines is 1. The Labute approximate surface area is 222 Å². The molecule has 5 rings (SSSR count). The molecule has 0 bridgehead atoms. The van der Waals surface area contributed by atoms with Crippen molar-refractivity contribution >= 4 is 17.4 Å². The molecule has 2 aliphatic heterocycles. The number of aliphatic hydroxyl groups excluding tert-OH is 1. The lowest BCUT2D eigenvalue weighted by Crippen LogP contribution is -2.46. The van der Waals surface area contributed by atoms with E-state index >= 15 is 8.78 Å². The van der Waals surface area contributed by atoms with Crippen LogP contribution >= 0.6 is 11.6 Å². The van der Waals surface area contributed by atoms with E-state index in [1.165, 1.54) is 6.07 Å². The van der Waals surface area contributed by atoms with Crippen molar-refractivity contribution in [3.8, 4) is 11.5 Å². The van der Waals surface area contributed by atoms with Crippen molar-refractivity contribution in [3.63, 3.8) is 0 Å². The Bertz CT molecular complexity index is 1390. The molecule has 0 saturated carbocycles. The van der Waals surface area contributed by atoms with Crippen molar-refractivity contribution in [3.05, 3.63) is 80.9 Å². The van der Waals surface area contributed by atoms with Crippen LogP contribution < -0.4 is 20.9 Å². The second kappa shape index (κ2) is 10.1. The molecule has 2 aliphatic rings. The zero-order valence-electron chi connectivity index (χ0n) is 20.7. The maximum atomic E-state index is 15.2. The number of halogens is 3. The van der Waals surface area contributed by atoms with E-state index in [0.717, 1.165) is 22.9 Å². The molecule has 38 heavy (non-hydrogen) atoms. The number of fused-ring (bicyclic) bond motifs is 1. The second-order valence-electron chi connectivity index (χ2n) is 9.29. The summed E-state index contributed by atoms with van der Waals surface area (Å²) < 4.78 is 47.7. The molecule has 12 heteroatoms. The molecule has 1 aromatic heterocycles. The van der Waals surface area contributed by atoms with Crippen LogP contribution in [-0.2, 0) is 11.2 Å². The van der Waals surface area contributed by atoms with Crippen LogP contribution in [0.1, 0.15) is 29.0 Å². The molecule has 4 atom stereocenters. The van der Waals surface area contributed by atoms with E-state index in [1.807, 2.05) is 29.2 Å². The Hall–Kier alpha value is -3.25. The van der Waals surface area contributed by atoms with Crippen LogP contribution in [-0.4, -0.2) is 65.0 Å². The number of nitrogens with zero attached hydrogens (tertiary/aromatic N) is 3. The third kappa shape index (κ3) is 4.60. The van der Waals surface area contributed by atoms with Crippen LogP contribution in [0.3, 0.4) is 0 Å².